The fourth-order valence-electron chi connectivity index (χ4n) is 1.74. The molecule has 0 bridgehead atoms. The zero-order valence-corrected chi connectivity index (χ0v) is 12.9. The minimum absolute atomic E-state index is 0.267. The number of aryl methyl sites for hydroxylation is 2. The van der Waals surface area contributed by atoms with E-state index in [4.69, 9.17) is 22.7 Å². The summed E-state index contributed by atoms with van der Waals surface area (Å²) in [5.74, 6) is 0.981. The summed E-state index contributed by atoms with van der Waals surface area (Å²) in [5.41, 5.74) is 8.17. The first-order valence-electron chi connectivity index (χ1n) is 5.54. The van der Waals surface area contributed by atoms with Gasteiger partial charge in [-0.15, -0.1) is 0 Å². The van der Waals surface area contributed by atoms with Crippen LogP contribution in [-0.4, -0.2) is 15.0 Å². The lowest BCUT2D eigenvalue weighted by atomic mass is 10.1. The molecule has 4 nitrogen and oxygen atoms in total. The SMILES string of the molecule is Cc1cc(C)c(C(N)=S)c(Oc2cncc(Br)c2)n1. The van der Waals surface area contributed by atoms with Crippen LogP contribution in [0, 0.1) is 13.8 Å². The molecule has 0 spiro atoms. The molecule has 0 saturated carbocycles. The van der Waals surface area contributed by atoms with Crippen LogP contribution < -0.4 is 10.5 Å². The van der Waals surface area contributed by atoms with Crippen LogP contribution in [0.5, 0.6) is 11.6 Å². The maximum absolute atomic E-state index is 5.74. The largest absolute Gasteiger partial charge is 0.437 e. The summed E-state index contributed by atoms with van der Waals surface area (Å²) in [7, 11) is 0. The average molecular weight is 338 g/mol. The summed E-state index contributed by atoms with van der Waals surface area (Å²) < 4.78 is 6.57. The third-order valence-corrected chi connectivity index (χ3v) is 3.09. The van der Waals surface area contributed by atoms with Gasteiger partial charge in [-0.3, -0.25) is 4.98 Å². The molecule has 0 saturated heterocycles. The predicted octanol–water partition coefficient (Wildman–Crippen LogP) is 3.28. The molecule has 2 aromatic rings. The molecule has 0 aromatic carbocycles. The van der Waals surface area contributed by atoms with Crippen LogP contribution in [-0.2, 0) is 0 Å². The second-order valence-electron chi connectivity index (χ2n) is 4.07. The maximum Gasteiger partial charge on any atom is 0.230 e. The molecule has 19 heavy (non-hydrogen) atoms. The summed E-state index contributed by atoms with van der Waals surface area (Å²) in [5, 5.41) is 0. The van der Waals surface area contributed by atoms with Crippen LogP contribution in [0.25, 0.3) is 0 Å². The molecule has 2 rings (SSSR count). The van der Waals surface area contributed by atoms with Crippen LogP contribution in [0.3, 0.4) is 0 Å². The molecule has 0 amide bonds. The molecular formula is C13H12BrN3OS. The van der Waals surface area contributed by atoms with E-state index in [1.807, 2.05) is 19.9 Å². The van der Waals surface area contributed by atoms with Gasteiger partial charge in [-0.1, -0.05) is 12.2 Å². The van der Waals surface area contributed by atoms with E-state index < -0.39 is 0 Å². The highest BCUT2D eigenvalue weighted by atomic mass is 79.9. The first-order chi connectivity index (χ1) is 8.97. The number of rotatable bonds is 3. The number of nitrogens with zero attached hydrogens (tertiary/aromatic N) is 2. The molecular weight excluding hydrogens is 326 g/mol. The summed E-state index contributed by atoms with van der Waals surface area (Å²) in [6.45, 7) is 3.82. The van der Waals surface area contributed by atoms with Gasteiger partial charge >= 0.3 is 0 Å². The van der Waals surface area contributed by atoms with Crippen molar-refractivity contribution in [3.8, 4) is 11.6 Å². The maximum atomic E-state index is 5.74. The van der Waals surface area contributed by atoms with Gasteiger partial charge < -0.3 is 10.5 Å². The lowest BCUT2D eigenvalue weighted by Crippen LogP contribution is -2.14. The van der Waals surface area contributed by atoms with Gasteiger partial charge in [0, 0.05) is 16.4 Å². The number of thiocarbonyl (C=S) groups is 1. The molecule has 98 valence electrons. The van der Waals surface area contributed by atoms with E-state index in [1.165, 1.54) is 0 Å². The van der Waals surface area contributed by atoms with Crippen molar-refractivity contribution in [2.75, 3.05) is 0 Å². The number of ether oxygens (including phenoxy) is 1. The zero-order valence-electron chi connectivity index (χ0n) is 10.5. The average Bonchev–Trinajstić information content (AvgIpc) is 2.26. The van der Waals surface area contributed by atoms with Crippen LogP contribution in [0.2, 0.25) is 0 Å². The fourth-order valence-corrected chi connectivity index (χ4v) is 2.33. The van der Waals surface area contributed by atoms with E-state index >= 15 is 0 Å². The minimum atomic E-state index is 0.267. The van der Waals surface area contributed by atoms with Gasteiger partial charge in [0.15, 0.2) is 0 Å². The highest BCUT2D eigenvalue weighted by molar-refractivity contribution is 9.10. The molecule has 0 aliphatic rings. The van der Waals surface area contributed by atoms with Crippen molar-refractivity contribution in [2.24, 2.45) is 5.73 Å². The standard InChI is InChI=1S/C13H12BrN3OS/c1-7-3-8(2)17-13(11(7)12(15)19)18-10-4-9(14)5-16-6-10/h3-6H,1-2H3,(H2,15,19). The highest BCUT2D eigenvalue weighted by Gasteiger charge is 2.14. The van der Waals surface area contributed by atoms with E-state index in [0.29, 0.717) is 17.2 Å². The minimum Gasteiger partial charge on any atom is -0.437 e. The third-order valence-electron chi connectivity index (χ3n) is 2.45. The van der Waals surface area contributed by atoms with Crippen molar-refractivity contribution in [2.45, 2.75) is 13.8 Å². The quantitative estimate of drug-likeness (QED) is 0.871. The Morgan fingerprint density at radius 3 is 2.68 bits per heavy atom. The molecule has 2 heterocycles. The molecule has 0 radical (unpaired) electrons. The van der Waals surface area contributed by atoms with Gasteiger partial charge in [-0.2, -0.15) is 0 Å². The number of aromatic nitrogens is 2. The normalized spacial score (nSPS) is 10.3. The number of pyridine rings is 2. The Morgan fingerprint density at radius 1 is 1.32 bits per heavy atom. The number of hydrogen-bond donors (Lipinski definition) is 1. The van der Waals surface area contributed by atoms with Crippen molar-refractivity contribution < 1.29 is 4.74 Å². The summed E-state index contributed by atoms with van der Waals surface area (Å²) >= 11 is 8.39. The monoisotopic (exact) mass is 337 g/mol. The molecule has 0 aliphatic heterocycles. The van der Waals surface area contributed by atoms with Gasteiger partial charge in [0.1, 0.15) is 10.7 Å². The molecule has 2 N–H and O–H groups in total. The molecule has 6 heteroatoms. The number of halogens is 1. The van der Waals surface area contributed by atoms with E-state index in [-0.39, 0.29) is 4.99 Å². The fraction of sp³-hybridized carbons (Fsp3) is 0.154. The van der Waals surface area contributed by atoms with E-state index in [2.05, 4.69) is 25.9 Å². The Morgan fingerprint density at radius 2 is 2.05 bits per heavy atom. The Bertz CT molecular complexity index is 646. The van der Waals surface area contributed by atoms with Crippen LogP contribution in [0.15, 0.2) is 29.0 Å². The second-order valence-corrected chi connectivity index (χ2v) is 5.42. The first kappa shape index (κ1) is 13.9. The number of nitrogens with two attached hydrogens (primary N) is 1. The Kier molecular flexibility index (Phi) is 4.11. The zero-order chi connectivity index (χ0) is 14.0. The van der Waals surface area contributed by atoms with Crippen molar-refractivity contribution in [3.63, 3.8) is 0 Å². The van der Waals surface area contributed by atoms with Gasteiger partial charge in [-0.25, -0.2) is 4.98 Å². The van der Waals surface area contributed by atoms with Crippen LogP contribution >= 0.6 is 28.1 Å². The van der Waals surface area contributed by atoms with E-state index in [9.17, 15) is 0 Å². The lowest BCUT2D eigenvalue weighted by Gasteiger charge is -2.12. The van der Waals surface area contributed by atoms with Crippen LogP contribution in [0.4, 0.5) is 0 Å². The molecule has 2 aromatic heterocycles. The Labute approximate surface area is 125 Å². The second kappa shape index (κ2) is 5.63. The van der Waals surface area contributed by atoms with E-state index in [0.717, 1.165) is 15.7 Å². The molecule has 0 atom stereocenters. The topological polar surface area (TPSA) is 61.0 Å². The molecule has 0 aliphatic carbocycles. The van der Waals surface area contributed by atoms with E-state index in [1.54, 1.807) is 18.5 Å². The van der Waals surface area contributed by atoms with Crippen LogP contribution in [0.1, 0.15) is 16.8 Å². The van der Waals surface area contributed by atoms with Crippen molar-refractivity contribution in [1.29, 1.82) is 0 Å². The van der Waals surface area contributed by atoms with Gasteiger partial charge in [0.2, 0.25) is 5.88 Å². The summed E-state index contributed by atoms with van der Waals surface area (Å²) in [4.78, 5) is 8.65. The Balaban J connectivity index is 2.47. The van der Waals surface area contributed by atoms with Gasteiger partial charge in [-0.05, 0) is 47.5 Å². The van der Waals surface area contributed by atoms with Gasteiger partial charge in [0.25, 0.3) is 0 Å². The van der Waals surface area contributed by atoms with Gasteiger partial charge in [0.05, 0.1) is 11.8 Å². The third kappa shape index (κ3) is 3.27. The van der Waals surface area contributed by atoms with Crippen molar-refractivity contribution in [1.82, 2.24) is 9.97 Å². The number of hydrogen-bond acceptors (Lipinski definition) is 4. The summed E-state index contributed by atoms with van der Waals surface area (Å²) in [6.07, 6.45) is 3.28. The lowest BCUT2D eigenvalue weighted by molar-refractivity contribution is 0.457. The predicted molar refractivity (Wildman–Crippen MR) is 81.6 cm³/mol. The van der Waals surface area contributed by atoms with Crippen molar-refractivity contribution in [3.05, 3.63) is 45.8 Å². The highest BCUT2D eigenvalue weighted by Crippen LogP contribution is 2.27. The Hall–Kier alpha value is -1.53. The van der Waals surface area contributed by atoms with Crippen molar-refractivity contribution >= 4 is 33.1 Å². The molecule has 0 fully saturated rings. The molecule has 0 unspecified atom stereocenters. The summed E-state index contributed by atoms with van der Waals surface area (Å²) in [6, 6.07) is 3.72. The smallest absolute Gasteiger partial charge is 0.230 e. The first-order valence-corrected chi connectivity index (χ1v) is 6.74.